The minimum absolute atomic E-state index is 0.0936. The predicted molar refractivity (Wildman–Crippen MR) is 165 cm³/mol. The molecule has 1 amide bonds. The Morgan fingerprint density at radius 3 is 2.48 bits per heavy atom. The quantitative estimate of drug-likeness (QED) is 0.228. The molecule has 0 radical (unpaired) electrons. The number of anilines is 3. The molecule has 214 valence electrons. The molecular formula is C32H32ClN7O2. The lowest BCUT2D eigenvalue weighted by Crippen LogP contribution is -2.45. The zero-order valence-corrected chi connectivity index (χ0v) is 24.1. The molecule has 10 heteroatoms. The van der Waals surface area contributed by atoms with Crippen molar-refractivity contribution in [3.63, 3.8) is 0 Å². The SMILES string of the molecule is Cc1ccc(CNC(=O)c2ccc(Nc3nc4c(N5CCC(CO)(c6ccc(Cl)cc6)CC5)cccn4n3)cc2)cn1. The number of aliphatic hydroxyl groups is 1. The van der Waals surface area contributed by atoms with Gasteiger partial charge < -0.3 is 20.6 Å². The molecule has 2 aromatic carbocycles. The van der Waals surface area contributed by atoms with E-state index in [-0.39, 0.29) is 17.9 Å². The molecule has 4 heterocycles. The van der Waals surface area contributed by atoms with Gasteiger partial charge in [-0.05, 0) is 85.5 Å². The summed E-state index contributed by atoms with van der Waals surface area (Å²) in [5.41, 5.74) is 5.81. The third-order valence-corrected chi connectivity index (χ3v) is 8.24. The standard InChI is InChI=1S/C32H32ClN7O2/c1-22-4-5-23(19-34-22)20-35-30(42)24-6-12-27(13-7-24)36-31-37-29-28(3-2-16-40(29)38-31)39-17-14-32(21-41,15-18-39)25-8-10-26(33)11-9-25/h2-13,16,19,41H,14-15,17-18,20-21H2,1H3,(H,35,42)(H,36,38). The van der Waals surface area contributed by atoms with Gasteiger partial charge in [-0.15, -0.1) is 5.10 Å². The fourth-order valence-corrected chi connectivity index (χ4v) is 5.56. The lowest BCUT2D eigenvalue weighted by Gasteiger charge is -2.42. The smallest absolute Gasteiger partial charge is 0.251 e. The number of nitrogens with zero attached hydrogens (tertiary/aromatic N) is 5. The second-order valence-electron chi connectivity index (χ2n) is 10.7. The maximum absolute atomic E-state index is 12.6. The Bertz CT molecular complexity index is 1680. The number of carbonyl (C=O) groups is 1. The third kappa shape index (κ3) is 5.79. The molecule has 0 spiro atoms. The highest BCUT2D eigenvalue weighted by Crippen LogP contribution is 2.38. The molecule has 42 heavy (non-hydrogen) atoms. The van der Waals surface area contributed by atoms with E-state index in [0.717, 1.165) is 59.8 Å². The molecule has 0 saturated carbocycles. The summed E-state index contributed by atoms with van der Waals surface area (Å²) in [4.78, 5) is 24.0. The van der Waals surface area contributed by atoms with Crippen LogP contribution in [0.5, 0.6) is 0 Å². The first-order valence-electron chi connectivity index (χ1n) is 14.0. The van der Waals surface area contributed by atoms with Gasteiger partial charge in [0.2, 0.25) is 5.95 Å². The predicted octanol–water partition coefficient (Wildman–Crippen LogP) is 5.29. The minimum atomic E-state index is -0.284. The number of hydrogen-bond donors (Lipinski definition) is 3. The number of pyridine rings is 2. The zero-order valence-electron chi connectivity index (χ0n) is 23.3. The van der Waals surface area contributed by atoms with Crippen LogP contribution in [0, 0.1) is 6.92 Å². The first kappa shape index (κ1) is 27.7. The van der Waals surface area contributed by atoms with Crippen molar-refractivity contribution in [2.24, 2.45) is 0 Å². The molecule has 1 aliphatic rings. The molecule has 3 aromatic heterocycles. The zero-order chi connectivity index (χ0) is 29.1. The molecule has 0 unspecified atom stereocenters. The van der Waals surface area contributed by atoms with Gasteiger partial charge in [-0.1, -0.05) is 29.8 Å². The van der Waals surface area contributed by atoms with Crippen LogP contribution in [0.2, 0.25) is 5.02 Å². The van der Waals surface area contributed by atoms with Crippen LogP contribution in [0.25, 0.3) is 5.65 Å². The summed E-state index contributed by atoms with van der Waals surface area (Å²) in [5.74, 6) is 0.315. The average Bonchev–Trinajstić information content (AvgIpc) is 3.44. The minimum Gasteiger partial charge on any atom is -0.395 e. The number of amides is 1. The number of benzene rings is 2. The highest BCUT2D eigenvalue weighted by molar-refractivity contribution is 6.30. The van der Waals surface area contributed by atoms with E-state index in [1.807, 2.05) is 67.7 Å². The van der Waals surface area contributed by atoms with Gasteiger partial charge in [-0.2, -0.15) is 4.98 Å². The number of carbonyl (C=O) groups excluding carboxylic acids is 1. The summed E-state index contributed by atoms with van der Waals surface area (Å²) < 4.78 is 1.77. The van der Waals surface area contributed by atoms with Gasteiger partial charge >= 0.3 is 0 Å². The van der Waals surface area contributed by atoms with Crippen LogP contribution >= 0.6 is 11.6 Å². The molecule has 3 N–H and O–H groups in total. The van der Waals surface area contributed by atoms with Crippen molar-refractivity contribution in [3.8, 4) is 0 Å². The monoisotopic (exact) mass is 581 g/mol. The van der Waals surface area contributed by atoms with Gasteiger partial charge in [-0.25, -0.2) is 4.52 Å². The number of aliphatic hydroxyl groups excluding tert-OH is 1. The fraction of sp³-hybridized carbons (Fsp3) is 0.250. The Morgan fingerprint density at radius 2 is 1.79 bits per heavy atom. The van der Waals surface area contributed by atoms with E-state index >= 15 is 0 Å². The van der Waals surface area contributed by atoms with E-state index in [1.54, 1.807) is 22.8 Å². The van der Waals surface area contributed by atoms with Crippen molar-refractivity contribution >= 4 is 40.5 Å². The molecule has 5 aromatic rings. The van der Waals surface area contributed by atoms with Crippen LogP contribution in [-0.2, 0) is 12.0 Å². The largest absolute Gasteiger partial charge is 0.395 e. The van der Waals surface area contributed by atoms with E-state index in [2.05, 4.69) is 31.7 Å². The molecule has 0 bridgehead atoms. The van der Waals surface area contributed by atoms with Gasteiger partial charge in [0.25, 0.3) is 5.91 Å². The van der Waals surface area contributed by atoms with Crippen LogP contribution < -0.4 is 15.5 Å². The van der Waals surface area contributed by atoms with Crippen LogP contribution in [0.1, 0.15) is 40.0 Å². The Hall–Kier alpha value is -4.47. The van der Waals surface area contributed by atoms with Crippen molar-refractivity contribution < 1.29 is 9.90 Å². The average molecular weight is 582 g/mol. The van der Waals surface area contributed by atoms with Gasteiger partial charge in [0.05, 0.1) is 12.3 Å². The summed E-state index contributed by atoms with van der Waals surface area (Å²) in [5, 5.41) is 21.9. The van der Waals surface area contributed by atoms with E-state index in [4.69, 9.17) is 16.6 Å². The maximum Gasteiger partial charge on any atom is 0.251 e. The van der Waals surface area contributed by atoms with Gasteiger partial charge in [0.15, 0.2) is 5.65 Å². The molecular weight excluding hydrogens is 550 g/mol. The number of piperidine rings is 1. The van der Waals surface area contributed by atoms with E-state index < -0.39 is 0 Å². The summed E-state index contributed by atoms with van der Waals surface area (Å²) in [6.07, 6.45) is 5.27. The van der Waals surface area contributed by atoms with Gasteiger partial charge in [0.1, 0.15) is 0 Å². The van der Waals surface area contributed by atoms with Gasteiger partial charge in [0, 0.05) is 59.4 Å². The Morgan fingerprint density at radius 1 is 1.02 bits per heavy atom. The molecule has 1 fully saturated rings. The first-order chi connectivity index (χ1) is 20.4. The van der Waals surface area contributed by atoms with Crippen molar-refractivity contribution in [2.45, 2.75) is 31.7 Å². The molecule has 0 aliphatic carbocycles. The first-order valence-corrected chi connectivity index (χ1v) is 14.3. The highest BCUT2D eigenvalue weighted by Gasteiger charge is 2.36. The number of aryl methyl sites for hydroxylation is 1. The number of rotatable bonds is 8. The molecule has 9 nitrogen and oxygen atoms in total. The lowest BCUT2D eigenvalue weighted by molar-refractivity contribution is 0.0951. The van der Waals surface area contributed by atoms with E-state index in [0.29, 0.717) is 23.1 Å². The summed E-state index contributed by atoms with van der Waals surface area (Å²) in [7, 11) is 0. The lowest BCUT2D eigenvalue weighted by atomic mass is 9.73. The number of halogens is 1. The van der Waals surface area contributed by atoms with E-state index in [9.17, 15) is 9.90 Å². The highest BCUT2D eigenvalue weighted by atomic mass is 35.5. The number of aromatic nitrogens is 4. The van der Waals surface area contributed by atoms with Crippen molar-refractivity contribution in [1.29, 1.82) is 0 Å². The Kier molecular flexibility index (Phi) is 7.78. The number of nitrogens with one attached hydrogen (secondary N) is 2. The normalized spacial score (nSPS) is 14.6. The van der Waals surface area contributed by atoms with Crippen LogP contribution in [0.15, 0.2) is 85.2 Å². The summed E-state index contributed by atoms with van der Waals surface area (Å²) >= 11 is 6.10. The summed E-state index contributed by atoms with van der Waals surface area (Å²) in [6, 6.07) is 22.9. The van der Waals surface area contributed by atoms with Crippen LogP contribution in [0.4, 0.5) is 17.3 Å². The third-order valence-electron chi connectivity index (χ3n) is 7.99. The molecule has 1 aliphatic heterocycles. The second-order valence-corrected chi connectivity index (χ2v) is 11.2. The van der Waals surface area contributed by atoms with Crippen molar-refractivity contribution in [2.75, 3.05) is 29.9 Å². The maximum atomic E-state index is 12.6. The Labute approximate surface area is 249 Å². The Balaban J connectivity index is 1.11. The number of fused-ring (bicyclic) bond motifs is 1. The van der Waals surface area contributed by atoms with Crippen molar-refractivity contribution in [1.82, 2.24) is 24.9 Å². The molecule has 6 rings (SSSR count). The fourth-order valence-electron chi connectivity index (χ4n) is 5.43. The molecule has 0 atom stereocenters. The van der Waals surface area contributed by atoms with E-state index in [1.165, 1.54) is 0 Å². The second kappa shape index (κ2) is 11.8. The van der Waals surface area contributed by atoms with Crippen LogP contribution in [0.3, 0.4) is 0 Å². The molecule has 1 saturated heterocycles. The van der Waals surface area contributed by atoms with Crippen LogP contribution in [-0.4, -0.2) is 50.3 Å². The summed E-state index contributed by atoms with van der Waals surface area (Å²) in [6.45, 7) is 4.00. The topological polar surface area (TPSA) is 108 Å². The van der Waals surface area contributed by atoms with Gasteiger partial charge in [-0.3, -0.25) is 9.78 Å². The van der Waals surface area contributed by atoms with Crippen molar-refractivity contribution in [3.05, 3.63) is 113 Å². The number of hydrogen-bond acceptors (Lipinski definition) is 7.